The van der Waals surface area contributed by atoms with E-state index in [-0.39, 0.29) is 0 Å². The smallest absolute Gasteiger partial charge is 0.00492 e. The summed E-state index contributed by atoms with van der Waals surface area (Å²) in [6.45, 7) is 4.70. The van der Waals surface area contributed by atoms with Crippen LogP contribution in [0.15, 0.2) is 0 Å². The fraction of sp³-hybridized carbons (Fsp3) is 1.00. The van der Waals surface area contributed by atoms with Crippen molar-refractivity contribution in [2.45, 2.75) is 32.4 Å². The molecule has 0 aromatic heterocycles. The van der Waals surface area contributed by atoms with Crippen molar-refractivity contribution in [2.75, 3.05) is 0 Å². The highest BCUT2D eigenvalue weighted by Crippen LogP contribution is 1.82. The molecule has 0 bridgehead atoms. The van der Waals surface area contributed by atoms with Gasteiger partial charge in [-0.15, -0.1) is 0 Å². The molecule has 0 aromatic carbocycles. The van der Waals surface area contributed by atoms with E-state index in [0.29, 0.717) is 26.6 Å². The van der Waals surface area contributed by atoms with E-state index in [1.54, 1.807) is 12.1 Å². The highest BCUT2D eigenvalue weighted by molar-refractivity contribution is 7.29. The van der Waals surface area contributed by atoms with Crippen molar-refractivity contribution in [3.05, 3.63) is 0 Å². The van der Waals surface area contributed by atoms with Crippen molar-refractivity contribution >= 4 is 26.6 Å². The van der Waals surface area contributed by atoms with Gasteiger partial charge in [-0.25, -0.2) is 0 Å². The van der Waals surface area contributed by atoms with Gasteiger partial charge in [-0.1, -0.05) is 32.4 Å². The maximum Gasteiger partial charge on any atom is 0.00492 e. The highest BCUT2D eigenvalue weighted by Gasteiger charge is 1.86. The molecule has 0 aliphatic heterocycles. The van der Waals surface area contributed by atoms with Gasteiger partial charge in [-0.3, -0.25) is 0 Å². The van der Waals surface area contributed by atoms with E-state index in [2.05, 4.69) is 13.8 Å². The summed E-state index contributed by atoms with van der Waals surface area (Å²) in [5, 5.41) is 0. The first-order chi connectivity index (χ1) is 3.91. The van der Waals surface area contributed by atoms with Gasteiger partial charge in [0.05, 0.1) is 0 Å². The SMILES string of the molecule is CCC[SiH2][SiH2][SiH2]CC. The van der Waals surface area contributed by atoms with Gasteiger partial charge in [0.1, 0.15) is 0 Å². The molecule has 3 heteroatoms. The largest absolute Gasteiger partial charge is 0.0685 e. The average Bonchev–Trinajstić information content (AvgIpc) is 1.81. The molecule has 8 heavy (non-hydrogen) atoms. The van der Waals surface area contributed by atoms with Crippen molar-refractivity contribution in [1.29, 1.82) is 0 Å². The first-order valence-corrected chi connectivity index (χ1v) is 13.9. The normalized spacial score (nSPS) is 14.2. The second kappa shape index (κ2) is 7.65. The van der Waals surface area contributed by atoms with E-state index in [9.17, 15) is 0 Å². The number of hydrogen-bond acceptors (Lipinski definition) is 0. The van der Waals surface area contributed by atoms with Crippen molar-refractivity contribution < 1.29 is 0 Å². The minimum Gasteiger partial charge on any atom is -0.0685 e. The third-order valence-corrected chi connectivity index (χ3v) is 20.0. The van der Waals surface area contributed by atoms with Crippen LogP contribution in [0.25, 0.3) is 0 Å². The van der Waals surface area contributed by atoms with Gasteiger partial charge in [0.25, 0.3) is 0 Å². The van der Waals surface area contributed by atoms with Gasteiger partial charge in [0, 0.05) is 18.1 Å². The van der Waals surface area contributed by atoms with Gasteiger partial charge in [0.15, 0.2) is 0 Å². The van der Waals surface area contributed by atoms with Crippen LogP contribution in [-0.2, 0) is 0 Å². The standard InChI is InChI=1S/C5H18Si3/c1-3-5-7-8-6-4-2/h3-8H2,1-2H3. The van der Waals surface area contributed by atoms with Crippen LogP contribution in [0.4, 0.5) is 0 Å². The van der Waals surface area contributed by atoms with Crippen LogP contribution in [0.3, 0.4) is 0 Å². The van der Waals surface area contributed by atoms with E-state index in [1.165, 1.54) is 6.42 Å². The predicted octanol–water partition coefficient (Wildman–Crippen LogP) is -0.411. The molecule has 0 rings (SSSR count). The van der Waals surface area contributed by atoms with Crippen molar-refractivity contribution in [3.8, 4) is 0 Å². The van der Waals surface area contributed by atoms with Gasteiger partial charge in [-0.05, 0) is 8.55 Å². The van der Waals surface area contributed by atoms with Gasteiger partial charge >= 0.3 is 0 Å². The van der Waals surface area contributed by atoms with Crippen LogP contribution < -0.4 is 0 Å². The molecule has 0 aliphatic rings. The van der Waals surface area contributed by atoms with Crippen molar-refractivity contribution in [3.63, 3.8) is 0 Å². The molecule has 0 heterocycles. The third kappa shape index (κ3) is 6.65. The molecule has 50 valence electrons. The molecule has 0 saturated heterocycles. The van der Waals surface area contributed by atoms with E-state index in [0.717, 1.165) is 0 Å². The highest BCUT2D eigenvalue weighted by atomic mass is 29.5. The Morgan fingerprint density at radius 1 is 1.12 bits per heavy atom. The lowest BCUT2D eigenvalue weighted by Crippen LogP contribution is -2.10. The molecule has 0 radical (unpaired) electrons. The van der Waals surface area contributed by atoms with E-state index in [4.69, 9.17) is 0 Å². The first-order valence-electron chi connectivity index (χ1n) is 3.91. The zero-order valence-corrected chi connectivity index (χ0v) is 10.5. The molecular formula is C5H18Si3. The number of rotatable bonds is 5. The quantitative estimate of drug-likeness (QED) is 0.381. The lowest BCUT2D eigenvalue weighted by molar-refractivity contribution is 1.08. The molecule has 0 spiro atoms. The van der Waals surface area contributed by atoms with Crippen LogP contribution in [0.5, 0.6) is 0 Å². The van der Waals surface area contributed by atoms with Crippen LogP contribution >= 0.6 is 0 Å². The molecule has 0 nitrogen and oxygen atoms in total. The number of hydrogen-bond donors (Lipinski definition) is 0. The van der Waals surface area contributed by atoms with Crippen molar-refractivity contribution in [2.24, 2.45) is 0 Å². The minimum absolute atomic E-state index is 0.601. The van der Waals surface area contributed by atoms with E-state index >= 15 is 0 Å². The Morgan fingerprint density at radius 3 is 2.38 bits per heavy atom. The Balaban J connectivity index is 2.53. The van der Waals surface area contributed by atoms with Crippen molar-refractivity contribution in [1.82, 2.24) is 0 Å². The lowest BCUT2D eigenvalue weighted by atomic mass is 10.6. The Labute approximate surface area is 59.5 Å². The average molecular weight is 162 g/mol. The van der Waals surface area contributed by atoms with Crippen LogP contribution in [0.1, 0.15) is 20.3 Å². The molecule has 0 amide bonds. The summed E-state index contributed by atoms with van der Waals surface area (Å²) in [4.78, 5) is 0. The predicted molar refractivity (Wildman–Crippen MR) is 51.2 cm³/mol. The Morgan fingerprint density at radius 2 is 1.88 bits per heavy atom. The van der Waals surface area contributed by atoms with E-state index in [1.807, 2.05) is 0 Å². The summed E-state index contributed by atoms with van der Waals surface area (Å²) in [5.41, 5.74) is 0. The maximum absolute atomic E-state index is 2.37. The monoisotopic (exact) mass is 162 g/mol. The summed E-state index contributed by atoms with van der Waals surface area (Å²) < 4.78 is 0. The Hall–Kier alpha value is 0.651. The van der Waals surface area contributed by atoms with Crippen LogP contribution in [0, 0.1) is 0 Å². The maximum atomic E-state index is 2.37. The second-order valence-corrected chi connectivity index (χ2v) is 19.0. The molecule has 0 saturated carbocycles. The summed E-state index contributed by atoms with van der Waals surface area (Å²) in [7, 11) is 1.88. The summed E-state index contributed by atoms with van der Waals surface area (Å²) in [5.74, 6) is 0. The van der Waals surface area contributed by atoms with E-state index < -0.39 is 0 Å². The van der Waals surface area contributed by atoms with Crippen LogP contribution in [-0.4, -0.2) is 26.6 Å². The fourth-order valence-corrected chi connectivity index (χ4v) is 18.5. The molecule has 0 atom stereocenters. The minimum atomic E-state index is 0.601. The molecular weight excluding hydrogens is 144 g/mol. The topological polar surface area (TPSA) is 0 Å². The second-order valence-electron chi connectivity index (χ2n) is 2.41. The summed E-state index contributed by atoms with van der Waals surface area (Å²) in [6, 6.07) is 3.27. The molecule has 0 aliphatic carbocycles. The fourth-order valence-electron chi connectivity index (χ4n) is 0.854. The summed E-state index contributed by atoms with van der Waals surface area (Å²) in [6.07, 6.45) is 1.48. The van der Waals surface area contributed by atoms with Gasteiger partial charge in [0.2, 0.25) is 0 Å². The first kappa shape index (κ1) is 8.65. The molecule has 0 N–H and O–H groups in total. The Bertz CT molecular complexity index is 32.7. The molecule has 0 aromatic rings. The summed E-state index contributed by atoms with van der Waals surface area (Å²) >= 11 is 0. The van der Waals surface area contributed by atoms with Gasteiger partial charge < -0.3 is 0 Å². The zero-order chi connectivity index (χ0) is 6.24. The van der Waals surface area contributed by atoms with Crippen LogP contribution in [0.2, 0.25) is 12.1 Å². The molecule has 0 fully saturated rings. The van der Waals surface area contributed by atoms with Gasteiger partial charge in [-0.2, -0.15) is 0 Å². The lowest BCUT2D eigenvalue weighted by Gasteiger charge is -1.90. The molecule has 0 unspecified atom stereocenters. The third-order valence-electron chi connectivity index (χ3n) is 1.46. The Kier molecular flexibility index (Phi) is 8.27. The zero-order valence-electron chi connectivity index (χ0n) is 6.24.